The second kappa shape index (κ2) is 27.7. The van der Waals surface area contributed by atoms with Crippen LogP contribution in [0.15, 0.2) is 0 Å². The molecule has 0 heterocycles. The van der Waals surface area contributed by atoms with Gasteiger partial charge in [-0.3, -0.25) is 14.1 Å². The Morgan fingerprint density at radius 2 is 0.400 bits per heavy atom. The number of halogens is 3. The third-order valence-corrected chi connectivity index (χ3v) is 0. The molecule has 0 fully saturated rings. The standard InChI is InChI=1S/3FH.2K.2H/h3*1H;;;;. The Kier molecular flexibility index (Phi) is 237. The third kappa shape index (κ3) is 19.3. The molecular formula is H5F3K2. The fourth-order valence-corrected chi connectivity index (χ4v) is 0. The summed E-state index contributed by atoms with van der Waals surface area (Å²) < 4.78 is 0. The van der Waals surface area contributed by atoms with E-state index in [1.54, 1.807) is 0 Å². The van der Waals surface area contributed by atoms with Gasteiger partial charge in [0.2, 0.25) is 0 Å². The molecule has 0 amide bonds. The first-order valence-electron chi connectivity index (χ1n) is 0. The van der Waals surface area contributed by atoms with E-state index >= 15 is 0 Å². The predicted octanol–water partition coefficient (Wildman–Crippen LogP) is -0.839. The van der Waals surface area contributed by atoms with Gasteiger partial charge in [0.1, 0.15) is 0 Å². The van der Waals surface area contributed by atoms with Crippen LogP contribution in [0.4, 0.5) is 14.1 Å². The van der Waals surface area contributed by atoms with Crippen LogP contribution in [0.3, 0.4) is 0 Å². The summed E-state index contributed by atoms with van der Waals surface area (Å²) in [5, 5.41) is 0. The van der Waals surface area contributed by atoms with Gasteiger partial charge in [0, 0.05) is 0 Å². The first-order chi connectivity index (χ1) is 0. The summed E-state index contributed by atoms with van der Waals surface area (Å²) in [6.45, 7) is 0. The number of hydrogen-bond acceptors (Lipinski definition) is 0. The molecule has 0 unspecified atom stereocenters. The second-order valence-corrected chi connectivity index (χ2v) is 0. The van der Waals surface area contributed by atoms with Gasteiger partial charge < -0.3 is 0 Å². The molecule has 0 aliphatic heterocycles. The van der Waals surface area contributed by atoms with E-state index in [2.05, 4.69) is 0 Å². The Morgan fingerprint density at radius 1 is 0.400 bits per heavy atom. The van der Waals surface area contributed by atoms with Crippen LogP contribution in [-0.2, 0) is 0 Å². The molecule has 0 aromatic heterocycles. The van der Waals surface area contributed by atoms with Crippen molar-refractivity contribution in [2.24, 2.45) is 0 Å². The monoisotopic (exact) mass is 140 g/mol. The third-order valence-electron chi connectivity index (χ3n) is 0. The normalized spacial score (nSPS) is 0. The Balaban J connectivity index is 0. The first kappa shape index (κ1) is 42.9. The minimum atomic E-state index is 0. The van der Waals surface area contributed by atoms with Crippen LogP contribution in [0, 0.1) is 0 Å². The molecule has 0 radical (unpaired) electrons. The summed E-state index contributed by atoms with van der Waals surface area (Å²) in [5.41, 5.74) is 0. The summed E-state index contributed by atoms with van der Waals surface area (Å²) in [6.07, 6.45) is 0. The van der Waals surface area contributed by atoms with Crippen molar-refractivity contribution in [1.82, 2.24) is 0 Å². The topological polar surface area (TPSA) is 0 Å². The van der Waals surface area contributed by atoms with Crippen molar-refractivity contribution < 1.29 is 14.1 Å². The van der Waals surface area contributed by atoms with Crippen molar-refractivity contribution in [1.29, 1.82) is 0 Å². The fraction of sp³-hybridized carbons (Fsp3) is 0. The molecular weight excluding hydrogens is 135 g/mol. The van der Waals surface area contributed by atoms with E-state index in [1.165, 1.54) is 0 Å². The van der Waals surface area contributed by atoms with Gasteiger partial charge in [0.15, 0.2) is 0 Å². The molecule has 0 spiro atoms. The van der Waals surface area contributed by atoms with E-state index in [0.29, 0.717) is 0 Å². The first-order valence-corrected chi connectivity index (χ1v) is 0. The predicted molar refractivity (Wildman–Crippen MR) is 21.8 cm³/mol. The van der Waals surface area contributed by atoms with E-state index in [1.807, 2.05) is 0 Å². The fourth-order valence-electron chi connectivity index (χ4n) is 0. The molecule has 0 aliphatic rings. The van der Waals surface area contributed by atoms with Crippen LogP contribution in [0.5, 0.6) is 0 Å². The molecule has 0 atom stereocenters. The summed E-state index contributed by atoms with van der Waals surface area (Å²) in [4.78, 5) is 0. The van der Waals surface area contributed by atoms with E-state index in [0.717, 1.165) is 0 Å². The second-order valence-electron chi connectivity index (χ2n) is 0. The molecule has 0 aromatic carbocycles. The van der Waals surface area contributed by atoms with Crippen LogP contribution in [0.25, 0.3) is 0 Å². The van der Waals surface area contributed by atoms with Crippen LogP contribution < -0.4 is 0 Å². The van der Waals surface area contributed by atoms with Gasteiger partial charge in [-0.05, 0) is 0 Å². The average molecular weight is 140 g/mol. The van der Waals surface area contributed by atoms with E-state index in [-0.39, 0.29) is 117 Å². The van der Waals surface area contributed by atoms with Crippen molar-refractivity contribution in [2.45, 2.75) is 0 Å². The molecule has 0 nitrogen and oxygen atoms in total. The summed E-state index contributed by atoms with van der Waals surface area (Å²) in [7, 11) is 0. The zero-order valence-corrected chi connectivity index (χ0v) is 1.22. The molecule has 0 N–H and O–H groups in total. The Morgan fingerprint density at radius 3 is 0.400 bits per heavy atom. The molecule has 0 saturated heterocycles. The molecule has 0 saturated carbocycles. The Bertz CT molecular complexity index is 4.85. The summed E-state index contributed by atoms with van der Waals surface area (Å²) in [5.74, 6) is 0. The quantitative estimate of drug-likeness (QED) is 0.385. The van der Waals surface area contributed by atoms with Gasteiger partial charge in [-0.2, -0.15) is 0 Å². The number of rotatable bonds is 0. The van der Waals surface area contributed by atoms with Crippen molar-refractivity contribution in [3.63, 3.8) is 0 Å². The Hall–Kier alpha value is 3.06. The summed E-state index contributed by atoms with van der Waals surface area (Å²) >= 11 is 0. The maximum atomic E-state index is 0. The molecule has 5 heavy (non-hydrogen) atoms. The van der Waals surface area contributed by atoms with Gasteiger partial charge in [0.25, 0.3) is 0 Å². The van der Waals surface area contributed by atoms with Gasteiger partial charge in [-0.15, -0.1) is 0 Å². The maximum absolute atomic E-state index is 0. The van der Waals surface area contributed by atoms with Gasteiger partial charge in [-0.1, -0.05) is 0 Å². The van der Waals surface area contributed by atoms with E-state index < -0.39 is 0 Å². The van der Waals surface area contributed by atoms with Gasteiger partial charge >= 0.3 is 103 Å². The van der Waals surface area contributed by atoms with Crippen molar-refractivity contribution in [2.75, 3.05) is 0 Å². The van der Waals surface area contributed by atoms with E-state index in [9.17, 15) is 0 Å². The Labute approximate surface area is 113 Å². The van der Waals surface area contributed by atoms with Crippen LogP contribution in [0.2, 0.25) is 0 Å². The van der Waals surface area contributed by atoms with Gasteiger partial charge in [-0.25, -0.2) is 0 Å². The zero-order chi connectivity index (χ0) is 0. The van der Waals surface area contributed by atoms with Crippen molar-refractivity contribution >= 4 is 103 Å². The molecule has 0 aromatic rings. The van der Waals surface area contributed by atoms with Crippen molar-refractivity contribution in [3.05, 3.63) is 0 Å². The van der Waals surface area contributed by atoms with Crippen molar-refractivity contribution in [3.8, 4) is 0 Å². The van der Waals surface area contributed by atoms with Crippen LogP contribution in [-0.4, -0.2) is 103 Å². The van der Waals surface area contributed by atoms with E-state index in [4.69, 9.17) is 0 Å². The van der Waals surface area contributed by atoms with Gasteiger partial charge in [0.05, 0.1) is 0 Å². The average Bonchev–Trinajstić information content (AvgIpc) is 0. The van der Waals surface area contributed by atoms with Crippen LogP contribution in [0.1, 0.15) is 0 Å². The molecule has 0 rings (SSSR count). The summed E-state index contributed by atoms with van der Waals surface area (Å²) in [6, 6.07) is 0. The zero-order valence-electron chi connectivity index (χ0n) is 1.22. The molecule has 5 heteroatoms. The minimum absolute atomic E-state index is 0. The molecule has 0 aliphatic carbocycles. The SMILES string of the molecule is F.F.F.[KH].[KH]. The molecule has 0 bridgehead atoms. The van der Waals surface area contributed by atoms with Crippen LogP contribution >= 0.6 is 0 Å². The number of hydrogen-bond donors (Lipinski definition) is 0. The molecule has 28 valence electrons.